The third-order valence-corrected chi connectivity index (χ3v) is 6.14. The van der Waals surface area contributed by atoms with Gasteiger partial charge >= 0.3 is 5.97 Å². The molecule has 0 aliphatic heterocycles. The Labute approximate surface area is 211 Å². The lowest BCUT2D eigenvalue weighted by Crippen LogP contribution is -2.16. The first-order valence-corrected chi connectivity index (χ1v) is 11.9. The van der Waals surface area contributed by atoms with Crippen LogP contribution in [0.2, 0.25) is 5.02 Å². The molecule has 0 radical (unpaired) electrons. The second kappa shape index (κ2) is 10.9. The zero-order valence-corrected chi connectivity index (χ0v) is 20.2. The third kappa shape index (κ3) is 5.52. The van der Waals surface area contributed by atoms with Crippen LogP contribution in [0.5, 0.6) is 0 Å². The van der Waals surface area contributed by atoms with Crippen molar-refractivity contribution in [3.63, 3.8) is 0 Å². The molecule has 0 saturated heterocycles. The second-order valence-corrected chi connectivity index (χ2v) is 8.59. The monoisotopic (exact) mass is 502 g/mol. The quantitative estimate of drug-likeness (QED) is 0.166. The van der Waals surface area contributed by atoms with Crippen molar-refractivity contribution < 1.29 is 18.7 Å². The van der Waals surface area contributed by atoms with Gasteiger partial charge in [-0.05, 0) is 36.8 Å². The van der Waals surface area contributed by atoms with Crippen molar-refractivity contribution in [2.45, 2.75) is 6.92 Å². The van der Waals surface area contributed by atoms with Gasteiger partial charge in [0, 0.05) is 27.6 Å². The summed E-state index contributed by atoms with van der Waals surface area (Å²) in [5.41, 5.74) is 2.27. The van der Waals surface area contributed by atoms with Gasteiger partial charge in [0.2, 0.25) is 0 Å². The fourth-order valence-electron chi connectivity index (χ4n) is 3.35. The Kier molecular flexibility index (Phi) is 7.46. The van der Waals surface area contributed by atoms with Crippen molar-refractivity contribution in [2.24, 2.45) is 0 Å². The topological polar surface area (TPSA) is 92.3 Å². The van der Waals surface area contributed by atoms with Crippen LogP contribution in [0.1, 0.15) is 23.0 Å². The van der Waals surface area contributed by atoms with Crippen molar-refractivity contribution in [1.29, 1.82) is 5.26 Å². The fraction of sp³-hybridized carbons (Fsp3) is 0.0741. The lowest BCUT2D eigenvalue weighted by molar-refractivity contribution is -0.112. The Bertz CT molecular complexity index is 1430. The zero-order valence-electron chi connectivity index (χ0n) is 18.6. The molecule has 0 aliphatic rings. The van der Waals surface area contributed by atoms with E-state index >= 15 is 0 Å². The number of nitrogens with zero attached hydrogens (tertiary/aromatic N) is 1. The highest BCUT2D eigenvalue weighted by Gasteiger charge is 2.24. The number of nitrogens with one attached hydrogen (secondary N) is 1. The minimum atomic E-state index is -0.666. The van der Waals surface area contributed by atoms with E-state index in [9.17, 15) is 14.9 Å². The predicted octanol–water partition coefficient (Wildman–Crippen LogP) is 7.05. The number of hydrogen-bond acceptors (Lipinski definition) is 6. The van der Waals surface area contributed by atoms with E-state index in [-0.39, 0.29) is 22.7 Å². The minimum absolute atomic E-state index is 0.171. The first-order valence-electron chi connectivity index (χ1n) is 10.6. The molecule has 0 unspecified atom stereocenters. The number of esters is 1. The average Bonchev–Trinajstić information content (AvgIpc) is 3.51. The van der Waals surface area contributed by atoms with Gasteiger partial charge in [-0.1, -0.05) is 54.1 Å². The van der Waals surface area contributed by atoms with Gasteiger partial charge in [-0.25, -0.2) is 4.79 Å². The Morgan fingerprint density at radius 1 is 1.09 bits per heavy atom. The number of amides is 1. The van der Waals surface area contributed by atoms with Gasteiger partial charge in [-0.15, -0.1) is 11.3 Å². The van der Waals surface area contributed by atoms with Gasteiger partial charge in [0.25, 0.3) is 5.91 Å². The first kappa shape index (κ1) is 24.0. The molecule has 174 valence electrons. The molecular formula is C27H19ClN2O4S. The zero-order chi connectivity index (χ0) is 24.8. The van der Waals surface area contributed by atoms with E-state index in [0.29, 0.717) is 22.1 Å². The molecule has 2 heterocycles. The molecule has 0 saturated carbocycles. The van der Waals surface area contributed by atoms with Gasteiger partial charge in [0.05, 0.1) is 6.61 Å². The SMILES string of the molecule is CCOC(=O)c1c(-c2ccc(Cl)cc2)csc1NC(=O)/C(C#N)=C/c1ccc(-c2ccccc2)o1. The molecular weight excluding hydrogens is 484 g/mol. The van der Waals surface area contributed by atoms with Crippen LogP contribution in [0.15, 0.2) is 82.1 Å². The number of hydrogen-bond donors (Lipinski definition) is 1. The fourth-order valence-corrected chi connectivity index (χ4v) is 4.43. The Morgan fingerprint density at radius 3 is 2.51 bits per heavy atom. The van der Waals surface area contributed by atoms with Gasteiger partial charge < -0.3 is 14.5 Å². The van der Waals surface area contributed by atoms with Crippen molar-refractivity contribution in [2.75, 3.05) is 11.9 Å². The van der Waals surface area contributed by atoms with Crippen LogP contribution >= 0.6 is 22.9 Å². The summed E-state index contributed by atoms with van der Waals surface area (Å²) in [6, 6.07) is 21.8. The van der Waals surface area contributed by atoms with Crippen LogP contribution in [0.4, 0.5) is 5.00 Å². The van der Waals surface area contributed by atoms with Crippen molar-refractivity contribution in [3.8, 4) is 28.5 Å². The van der Waals surface area contributed by atoms with Crippen LogP contribution in [0.3, 0.4) is 0 Å². The van der Waals surface area contributed by atoms with E-state index in [4.69, 9.17) is 20.8 Å². The van der Waals surface area contributed by atoms with E-state index in [0.717, 1.165) is 11.1 Å². The summed E-state index contributed by atoms with van der Waals surface area (Å²) in [4.78, 5) is 25.7. The first-order chi connectivity index (χ1) is 17.0. The van der Waals surface area contributed by atoms with Gasteiger partial charge in [-0.2, -0.15) is 5.26 Å². The Hall–Kier alpha value is -4.12. The molecule has 2 aromatic carbocycles. The number of carbonyl (C=O) groups is 2. The van der Waals surface area contributed by atoms with Gasteiger partial charge in [0.15, 0.2) is 0 Å². The number of rotatable bonds is 7. The summed E-state index contributed by atoms with van der Waals surface area (Å²) in [6.45, 7) is 1.88. The summed E-state index contributed by atoms with van der Waals surface area (Å²) >= 11 is 7.16. The smallest absolute Gasteiger partial charge is 0.341 e. The number of thiophene rings is 1. The van der Waals surface area contributed by atoms with Crippen LogP contribution in [0, 0.1) is 11.3 Å². The van der Waals surface area contributed by atoms with E-state index in [1.165, 1.54) is 17.4 Å². The maximum atomic E-state index is 12.9. The van der Waals surface area contributed by atoms with Crippen molar-refractivity contribution in [3.05, 3.63) is 94.0 Å². The minimum Gasteiger partial charge on any atom is -0.462 e. The molecule has 0 aliphatic carbocycles. The number of anilines is 1. The predicted molar refractivity (Wildman–Crippen MR) is 137 cm³/mol. The maximum Gasteiger partial charge on any atom is 0.341 e. The molecule has 1 N–H and O–H groups in total. The van der Waals surface area contributed by atoms with Crippen LogP contribution in [-0.2, 0) is 9.53 Å². The third-order valence-electron chi connectivity index (χ3n) is 4.99. The number of nitriles is 1. The normalized spacial score (nSPS) is 11.1. The molecule has 6 nitrogen and oxygen atoms in total. The highest BCUT2D eigenvalue weighted by atomic mass is 35.5. The summed E-state index contributed by atoms with van der Waals surface area (Å²) in [7, 11) is 0. The lowest BCUT2D eigenvalue weighted by atomic mass is 10.0. The second-order valence-electron chi connectivity index (χ2n) is 7.27. The summed E-state index contributed by atoms with van der Waals surface area (Å²) < 4.78 is 11.0. The molecule has 35 heavy (non-hydrogen) atoms. The molecule has 0 spiro atoms. The lowest BCUT2D eigenvalue weighted by Gasteiger charge is -2.08. The number of halogens is 1. The molecule has 0 bridgehead atoms. The molecule has 4 aromatic rings. The van der Waals surface area contributed by atoms with Crippen molar-refractivity contribution >= 4 is 45.9 Å². The number of ether oxygens (including phenoxy) is 1. The number of carbonyl (C=O) groups excluding carboxylic acids is 2. The molecule has 0 atom stereocenters. The molecule has 8 heteroatoms. The van der Waals surface area contributed by atoms with Crippen LogP contribution in [0.25, 0.3) is 28.5 Å². The highest BCUT2D eigenvalue weighted by molar-refractivity contribution is 7.15. The van der Waals surface area contributed by atoms with E-state index in [1.54, 1.807) is 48.7 Å². The van der Waals surface area contributed by atoms with E-state index < -0.39 is 11.9 Å². The van der Waals surface area contributed by atoms with Crippen LogP contribution < -0.4 is 5.32 Å². The standard InChI is InChI=1S/C27H19ClN2O4S/c1-2-33-27(32)24-22(17-8-10-20(28)11-9-17)16-35-26(24)30-25(31)19(15-29)14-21-12-13-23(34-21)18-6-4-3-5-7-18/h3-14,16H,2H2,1H3,(H,30,31)/b19-14+. The van der Waals surface area contributed by atoms with E-state index in [2.05, 4.69) is 5.32 Å². The van der Waals surface area contributed by atoms with Crippen molar-refractivity contribution in [1.82, 2.24) is 0 Å². The molecule has 0 fully saturated rings. The number of furan rings is 1. The van der Waals surface area contributed by atoms with Gasteiger partial charge in [0.1, 0.15) is 33.7 Å². The molecule has 1 amide bonds. The number of benzene rings is 2. The maximum absolute atomic E-state index is 12.9. The highest BCUT2D eigenvalue weighted by Crippen LogP contribution is 2.37. The van der Waals surface area contributed by atoms with Gasteiger partial charge in [-0.3, -0.25) is 4.79 Å². The average molecular weight is 503 g/mol. The molecule has 2 aromatic heterocycles. The largest absolute Gasteiger partial charge is 0.462 e. The Balaban J connectivity index is 1.62. The summed E-state index contributed by atoms with van der Waals surface area (Å²) in [5, 5.41) is 14.9. The molecule has 4 rings (SSSR count). The van der Waals surface area contributed by atoms with Crippen LogP contribution in [-0.4, -0.2) is 18.5 Å². The summed E-state index contributed by atoms with van der Waals surface area (Å²) in [5.74, 6) is -0.269. The summed E-state index contributed by atoms with van der Waals surface area (Å²) in [6.07, 6.45) is 1.36. The Morgan fingerprint density at radius 2 is 1.83 bits per heavy atom. The van der Waals surface area contributed by atoms with E-state index in [1.807, 2.05) is 36.4 Å².